The Morgan fingerprint density at radius 1 is 0.778 bits per heavy atom. The first-order valence-corrected chi connectivity index (χ1v) is 12.3. The Bertz CT molecular complexity index is 407. The number of rotatable bonds is 19. The number of allylic oxidation sites excluding steroid dienone is 2. The highest BCUT2D eigenvalue weighted by Gasteiger charge is 2.12. The van der Waals surface area contributed by atoms with Crippen molar-refractivity contribution in [1.29, 1.82) is 0 Å². The summed E-state index contributed by atoms with van der Waals surface area (Å²) in [5.74, 6) is 0. The van der Waals surface area contributed by atoms with Gasteiger partial charge in [0.15, 0.2) is 0 Å². The van der Waals surface area contributed by atoms with E-state index in [2.05, 4.69) is 19.1 Å². The minimum Gasteiger partial charge on any atom is -0.756 e. The van der Waals surface area contributed by atoms with Gasteiger partial charge in [-0.2, -0.15) is 0 Å². The molecule has 27 heavy (non-hydrogen) atoms. The molecular weight excluding hydrogens is 361 g/mol. The van der Waals surface area contributed by atoms with Crippen molar-refractivity contribution >= 4 is 7.82 Å². The molecule has 162 valence electrons. The summed E-state index contributed by atoms with van der Waals surface area (Å²) < 4.78 is 22.0. The van der Waals surface area contributed by atoms with E-state index in [1.54, 1.807) is 0 Å². The van der Waals surface area contributed by atoms with Crippen LogP contribution in [0, 0.1) is 0 Å². The van der Waals surface area contributed by atoms with Gasteiger partial charge >= 0.3 is 0 Å². The van der Waals surface area contributed by atoms with Crippen LogP contribution < -0.4 is 4.89 Å². The average molecular weight is 406 g/mol. The molecule has 1 unspecified atom stereocenters. The molecule has 0 saturated carbocycles. The fourth-order valence-electron chi connectivity index (χ4n) is 2.65. The summed E-state index contributed by atoms with van der Waals surface area (Å²) in [5, 5.41) is 0. The summed E-state index contributed by atoms with van der Waals surface area (Å²) in [5.41, 5.74) is 0. The Labute approximate surface area is 168 Å². The normalized spacial score (nSPS) is 14.7. The molecule has 5 nitrogen and oxygen atoms in total. The number of nitrogens with zero attached hydrogens (tertiary/aromatic N) is 1. The molecule has 0 radical (unpaired) electrons. The average Bonchev–Trinajstić information content (AvgIpc) is 2.57. The van der Waals surface area contributed by atoms with Crippen molar-refractivity contribution < 1.29 is 23.0 Å². The number of hydrogen-bond acceptors (Lipinski definition) is 4. The predicted octanol–water partition coefficient (Wildman–Crippen LogP) is 5.45. The van der Waals surface area contributed by atoms with E-state index in [9.17, 15) is 9.46 Å². The smallest absolute Gasteiger partial charge is 0.268 e. The molecule has 0 bridgehead atoms. The molecule has 0 spiro atoms. The lowest BCUT2D eigenvalue weighted by atomic mass is 10.1. The Morgan fingerprint density at radius 3 is 1.81 bits per heavy atom. The highest BCUT2D eigenvalue weighted by Crippen LogP contribution is 2.38. The van der Waals surface area contributed by atoms with Crippen LogP contribution in [0.5, 0.6) is 0 Å². The number of phosphoric ester groups is 1. The SMILES string of the molecule is CCCCCCCCCCC/C=C\CCCOP(=O)([O-])OCC[N+](C)(C)C. The fourth-order valence-corrected chi connectivity index (χ4v) is 3.38. The minimum atomic E-state index is -4.15. The lowest BCUT2D eigenvalue weighted by Gasteiger charge is -2.27. The van der Waals surface area contributed by atoms with Gasteiger partial charge in [0.05, 0.1) is 27.7 Å². The lowest BCUT2D eigenvalue weighted by Crippen LogP contribution is -2.37. The second-order valence-corrected chi connectivity index (χ2v) is 9.77. The van der Waals surface area contributed by atoms with E-state index in [1.165, 1.54) is 57.8 Å². The first-order valence-electron chi connectivity index (χ1n) is 10.8. The van der Waals surface area contributed by atoms with E-state index in [1.807, 2.05) is 21.1 Å². The molecule has 0 N–H and O–H groups in total. The van der Waals surface area contributed by atoms with Crippen molar-refractivity contribution in [2.24, 2.45) is 0 Å². The van der Waals surface area contributed by atoms with Gasteiger partial charge in [0.1, 0.15) is 13.2 Å². The van der Waals surface area contributed by atoms with Gasteiger partial charge in [-0.05, 0) is 25.7 Å². The zero-order chi connectivity index (χ0) is 20.4. The third kappa shape index (κ3) is 22.0. The topological polar surface area (TPSA) is 58.6 Å². The molecule has 0 aromatic rings. The van der Waals surface area contributed by atoms with Crippen molar-refractivity contribution in [3.8, 4) is 0 Å². The molecule has 0 aliphatic heterocycles. The summed E-state index contributed by atoms with van der Waals surface area (Å²) in [6, 6.07) is 0. The van der Waals surface area contributed by atoms with Gasteiger partial charge in [-0.3, -0.25) is 4.57 Å². The molecule has 0 aliphatic rings. The van der Waals surface area contributed by atoms with Gasteiger partial charge < -0.3 is 18.4 Å². The van der Waals surface area contributed by atoms with Crippen LogP contribution in [0.2, 0.25) is 0 Å². The van der Waals surface area contributed by atoms with Gasteiger partial charge in [0, 0.05) is 0 Å². The summed E-state index contributed by atoms with van der Waals surface area (Å²) in [6.07, 6.45) is 19.1. The van der Waals surface area contributed by atoms with Crippen LogP contribution in [-0.4, -0.2) is 45.4 Å². The molecule has 0 aromatic carbocycles. The summed E-state index contributed by atoms with van der Waals surface area (Å²) in [6.45, 7) is 3.22. The minimum absolute atomic E-state index is 0.156. The number of phosphoric acid groups is 1. The van der Waals surface area contributed by atoms with Crippen molar-refractivity contribution in [3.63, 3.8) is 0 Å². The predicted molar refractivity (Wildman–Crippen MR) is 113 cm³/mol. The number of unbranched alkanes of at least 4 members (excludes halogenated alkanes) is 10. The summed E-state index contributed by atoms with van der Waals surface area (Å²) in [7, 11) is 1.81. The Balaban J connectivity index is 3.43. The van der Waals surface area contributed by atoms with Crippen LogP contribution in [0.15, 0.2) is 12.2 Å². The quantitative estimate of drug-likeness (QED) is 0.124. The van der Waals surface area contributed by atoms with Gasteiger partial charge in [0.2, 0.25) is 0 Å². The molecule has 0 saturated heterocycles. The molecule has 0 rings (SSSR count). The van der Waals surface area contributed by atoms with Crippen LogP contribution in [0.25, 0.3) is 0 Å². The Hall–Kier alpha value is -0.190. The highest BCUT2D eigenvalue weighted by molar-refractivity contribution is 7.45. The molecule has 0 amide bonds. The molecule has 0 aromatic heterocycles. The van der Waals surface area contributed by atoms with Crippen molar-refractivity contribution in [2.45, 2.75) is 84.0 Å². The summed E-state index contributed by atoms with van der Waals surface area (Å²) in [4.78, 5) is 11.6. The zero-order valence-electron chi connectivity index (χ0n) is 18.3. The first-order chi connectivity index (χ1) is 12.8. The van der Waals surface area contributed by atoms with Crippen molar-refractivity contribution in [3.05, 3.63) is 12.2 Å². The molecule has 1 atom stereocenters. The molecule has 0 aliphatic carbocycles. The third-order valence-corrected chi connectivity index (χ3v) is 5.41. The van der Waals surface area contributed by atoms with Crippen LogP contribution in [0.4, 0.5) is 0 Å². The van der Waals surface area contributed by atoms with E-state index in [-0.39, 0.29) is 13.2 Å². The van der Waals surface area contributed by atoms with Gasteiger partial charge in [0.25, 0.3) is 7.82 Å². The van der Waals surface area contributed by atoms with E-state index in [0.29, 0.717) is 17.4 Å². The van der Waals surface area contributed by atoms with Gasteiger partial charge in [-0.15, -0.1) is 0 Å². The standard InChI is InChI=1S/C21H44NO4P/c1-5-6-7-8-9-10-11-12-13-14-15-16-17-18-20-25-27(23,24)26-21-19-22(2,3)4/h15-16H,5-14,17-21H2,1-4H3/b16-15-. The number of likely N-dealkylation sites (N-methyl/N-ethyl adjacent to an activating group) is 1. The largest absolute Gasteiger partial charge is 0.756 e. The second kappa shape index (κ2) is 16.7. The van der Waals surface area contributed by atoms with Crippen LogP contribution in [-0.2, 0) is 13.6 Å². The molecule has 0 heterocycles. The summed E-state index contributed by atoms with van der Waals surface area (Å²) >= 11 is 0. The maximum absolute atomic E-state index is 11.6. The van der Waals surface area contributed by atoms with Gasteiger partial charge in [-0.25, -0.2) is 0 Å². The van der Waals surface area contributed by atoms with E-state index < -0.39 is 7.82 Å². The van der Waals surface area contributed by atoms with Gasteiger partial charge in [-0.1, -0.05) is 70.4 Å². The third-order valence-electron chi connectivity index (χ3n) is 4.42. The lowest BCUT2D eigenvalue weighted by molar-refractivity contribution is -0.870. The number of hydrogen-bond donors (Lipinski definition) is 0. The fraction of sp³-hybridized carbons (Fsp3) is 0.905. The van der Waals surface area contributed by atoms with E-state index in [0.717, 1.165) is 12.8 Å². The van der Waals surface area contributed by atoms with E-state index in [4.69, 9.17) is 9.05 Å². The Morgan fingerprint density at radius 2 is 1.26 bits per heavy atom. The van der Waals surface area contributed by atoms with E-state index >= 15 is 0 Å². The van der Waals surface area contributed by atoms with Crippen molar-refractivity contribution in [2.75, 3.05) is 40.9 Å². The molecular formula is C21H44NO4P. The first kappa shape index (κ1) is 26.8. The van der Waals surface area contributed by atoms with Crippen LogP contribution in [0.1, 0.15) is 84.0 Å². The van der Waals surface area contributed by atoms with Crippen LogP contribution in [0.3, 0.4) is 0 Å². The monoisotopic (exact) mass is 405 g/mol. The molecule has 6 heteroatoms. The highest BCUT2D eigenvalue weighted by atomic mass is 31.2. The Kier molecular flexibility index (Phi) is 16.6. The zero-order valence-corrected chi connectivity index (χ0v) is 19.2. The maximum atomic E-state index is 11.6. The van der Waals surface area contributed by atoms with Crippen molar-refractivity contribution in [1.82, 2.24) is 0 Å². The number of quaternary nitrogens is 1. The maximum Gasteiger partial charge on any atom is 0.268 e. The second-order valence-electron chi connectivity index (χ2n) is 8.36. The molecule has 0 fully saturated rings. The van der Waals surface area contributed by atoms with Crippen LogP contribution >= 0.6 is 7.82 Å².